The standard InChI is InChI=1S/C22H34O6/c1-17(27-21-11-5-7-13-23-21)15-25-19-9-3-4-10-20(19)26-16-18(2)28-22-12-6-8-14-24-22/h3-4,9-10,17-18,21-22H,5-8,11-16H2,1-2H3. The number of rotatable bonds is 10. The molecule has 1 aromatic rings. The Morgan fingerprint density at radius 3 is 1.64 bits per heavy atom. The van der Waals surface area contributed by atoms with Crippen molar-refractivity contribution in [1.82, 2.24) is 0 Å². The van der Waals surface area contributed by atoms with E-state index in [1.54, 1.807) is 0 Å². The monoisotopic (exact) mass is 394 g/mol. The van der Waals surface area contributed by atoms with Crippen LogP contribution in [0.5, 0.6) is 11.5 Å². The van der Waals surface area contributed by atoms with E-state index in [4.69, 9.17) is 28.4 Å². The number of ether oxygens (including phenoxy) is 6. The molecule has 2 fully saturated rings. The summed E-state index contributed by atoms with van der Waals surface area (Å²) >= 11 is 0. The fourth-order valence-electron chi connectivity index (χ4n) is 3.34. The fraction of sp³-hybridized carbons (Fsp3) is 0.727. The minimum absolute atomic E-state index is 0.0538. The molecule has 2 saturated heterocycles. The minimum Gasteiger partial charge on any atom is -0.487 e. The first kappa shape index (κ1) is 21.4. The maximum absolute atomic E-state index is 5.95. The first-order valence-corrected chi connectivity index (χ1v) is 10.6. The Morgan fingerprint density at radius 1 is 0.786 bits per heavy atom. The lowest BCUT2D eigenvalue weighted by Crippen LogP contribution is -2.30. The molecule has 0 N–H and O–H groups in total. The second-order valence-corrected chi connectivity index (χ2v) is 7.55. The quantitative estimate of drug-likeness (QED) is 0.589. The Kier molecular flexibility index (Phi) is 8.86. The van der Waals surface area contributed by atoms with Crippen LogP contribution < -0.4 is 9.47 Å². The van der Waals surface area contributed by atoms with Gasteiger partial charge in [-0.3, -0.25) is 0 Å². The van der Waals surface area contributed by atoms with Crippen molar-refractivity contribution in [2.75, 3.05) is 26.4 Å². The zero-order valence-electron chi connectivity index (χ0n) is 17.1. The van der Waals surface area contributed by atoms with Gasteiger partial charge in [-0.05, 0) is 64.5 Å². The average molecular weight is 395 g/mol. The second-order valence-electron chi connectivity index (χ2n) is 7.55. The van der Waals surface area contributed by atoms with Crippen LogP contribution in [0.2, 0.25) is 0 Å². The number of para-hydroxylation sites is 2. The van der Waals surface area contributed by atoms with Gasteiger partial charge in [-0.1, -0.05) is 12.1 Å². The summed E-state index contributed by atoms with van der Waals surface area (Å²) < 4.78 is 35.0. The van der Waals surface area contributed by atoms with Gasteiger partial charge in [0.05, 0.1) is 12.2 Å². The molecule has 0 aliphatic carbocycles. The van der Waals surface area contributed by atoms with E-state index in [1.807, 2.05) is 38.1 Å². The average Bonchev–Trinajstić information content (AvgIpc) is 2.73. The molecule has 0 spiro atoms. The van der Waals surface area contributed by atoms with Crippen LogP contribution in [0.15, 0.2) is 24.3 Å². The number of benzene rings is 1. The van der Waals surface area contributed by atoms with E-state index in [1.165, 1.54) is 0 Å². The smallest absolute Gasteiger partial charge is 0.161 e. The summed E-state index contributed by atoms with van der Waals surface area (Å²) in [6.45, 7) is 6.45. The lowest BCUT2D eigenvalue weighted by Gasteiger charge is -2.27. The molecule has 0 saturated carbocycles. The van der Waals surface area contributed by atoms with E-state index in [9.17, 15) is 0 Å². The molecule has 6 heteroatoms. The minimum atomic E-state index is -0.112. The van der Waals surface area contributed by atoms with Gasteiger partial charge in [-0.25, -0.2) is 0 Å². The first-order valence-electron chi connectivity index (χ1n) is 10.6. The molecule has 0 aromatic heterocycles. The molecular formula is C22H34O6. The van der Waals surface area contributed by atoms with Gasteiger partial charge >= 0.3 is 0 Å². The van der Waals surface area contributed by atoms with Crippen LogP contribution in [0.3, 0.4) is 0 Å². The molecule has 6 nitrogen and oxygen atoms in total. The normalized spacial score (nSPS) is 25.1. The summed E-state index contributed by atoms with van der Waals surface area (Å²) in [5.41, 5.74) is 0. The topological polar surface area (TPSA) is 55.4 Å². The van der Waals surface area contributed by atoms with Gasteiger partial charge in [0.1, 0.15) is 13.2 Å². The summed E-state index contributed by atoms with van der Waals surface area (Å²) in [6.07, 6.45) is 6.11. The largest absolute Gasteiger partial charge is 0.487 e. The van der Waals surface area contributed by atoms with Crippen LogP contribution >= 0.6 is 0 Å². The molecule has 4 unspecified atom stereocenters. The summed E-state index contributed by atoms with van der Waals surface area (Å²) in [5, 5.41) is 0. The van der Waals surface area contributed by atoms with Crippen LogP contribution in [-0.2, 0) is 18.9 Å². The van der Waals surface area contributed by atoms with Gasteiger partial charge in [0.25, 0.3) is 0 Å². The summed E-state index contributed by atoms with van der Waals surface area (Å²) in [6, 6.07) is 7.70. The third-order valence-electron chi connectivity index (χ3n) is 4.84. The number of hydrogen-bond donors (Lipinski definition) is 0. The van der Waals surface area contributed by atoms with Crippen molar-refractivity contribution in [2.24, 2.45) is 0 Å². The zero-order valence-corrected chi connectivity index (χ0v) is 17.1. The van der Waals surface area contributed by atoms with Crippen molar-refractivity contribution in [3.05, 3.63) is 24.3 Å². The van der Waals surface area contributed by atoms with Gasteiger partial charge in [0.2, 0.25) is 0 Å². The highest BCUT2D eigenvalue weighted by Gasteiger charge is 2.19. The molecule has 0 bridgehead atoms. The van der Waals surface area contributed by atoms with Gasteiger partial charge < -0.3 is 28.4 Å². The maximum Gasteiger partial charge on any atom is 0.161 e. The molecule has 2 heterocycles. The summed E-state index contributed by atoms with van der Waals surface area (Å²) in [7, 11) is 0. The molecule has 28 heavy (non-hydrogen) atoms. The lowest BCUT2D eigenvalue weighted by molar-refractivity contribution is -0.190. The van der Waals surface area contributed by atoms with Crippen molar-refractivity contribution in [3.63, 3.8) is 0 Å². The van der Waals surface area contributed by atoms with E-state index >= 15 is 0 Å². The third kappa shape index (κ3) is 7.24. The molecule has 0 radical (unpaired) electrons. The van der Waals surface area contributed by atoms with Crippen molar-refractivity contribution in [3.8, 4) is 11.5 Å². The molecule has 2 aliphatic heterocycles. The highest BCUT2D eigenvalue weighted by molar-refractivity contribution is 5.39. The predicted octanol–water partition coefficient (Wildman–Crippen LogP) is 4.31. The van der Waals surface area contributed by atoms with Gasteiger partial charge in [0, 0.05) is 13.2 Å². The molecule has 1 aromatic carbocycles. The third-order valence-corrected chi connectivity index (χ3v) is 4.84. The summed E-state index contributed by atoms with van der Waals surface area (Å²) in [5.74, 6) is 1.42. The van der Waals surface area contributed by atoms with Crippen molar-refractivity contribution < 1.29 is 28.4 Å². The number of hydrogen-bond acceptors (Lipinski definition) is 6. The van der Waals surface area contributed by atoms with Crippen LogP contribution in [0.4, 0.5) is 0 Å². The van der Waals surface area contributed by atoms with Gasteiger partial charge in [-0.2, -0.15) is 0 Å². The Balaban J connectivity index is 1.41. The van der Waals surface area contributed by atoms with Crippen LogP contribution in [0, 0.1) is 0 Å². The molecule has 2 aliphatic rings. The van der Waals surface area contributed by atoms with E-state index in [0.717, 1.165) is 51.7 Å². The second kappa shape index (κ2) is 11.6. The van der Waals surface area contributed by atoms with Crippen molar-refractivity contribution >= 4 is 0 Å². The molecular weight excluding hydrogens is 360 g/mol. The van der Waals surface area contributed by atoms with Crippen molar-refractivity contribution in [1.29, 1.82) is 0 Å². The Labute approximate surface area is 168 Å². The lowest BCUT2D eigenvalue weighted by atomic mass is 10.2. The predicted molar refractivity (Wildman–Crippen MR) is 106 cm³/mol. The highest BCUT2D eigenvalue weighted by atomic mass is 16.7. The highest BCUT2D eigenvalue weighted by Crippen LogP contribution is 2.27. The van der Waals surface area contributed by atoms with Gasteiger partial charge in [0.15, 0.2) is 24.1 Å². The Bertz CT molecular complexity index is 505. The zero-order chi connectivity index (χ0) is 19.6. The Hall–Kier alpha value is -1.34. The summed E-state index contributed by atoms with van der Waals surface area (Å²) in [4.78, 5) is 0. The van der Waals surface area contributed by atoms with Crippen molar-refractivity contribution in [2.45, 2.75) is 77.2 Å². The SMILES string of the molecule is CC(COc1ccccc1OCC(C)OC1CCCCO1)OC1CCCCO1. The molecule has 3 rings (SSSR count). The van der Waals surface area contributed by atoms with E-state index in [-0.39, 0.29) is 24.8 Å². The Morgan fingerprint density at radius 2 is 1.25 bits per heavy atom. The first-order chi connectivity index (χ1) is 13.7. The van der Waals surface area contributed by atoms with E-state index in [0.29, 0.717) is 24.7 Å². The van der Waals surface area contributed by atoms with Gasteiger partial charge in [-0.15, -0.1) is 0 Å². The van der Waals surface area contributed by atoms with E-state index < -0.39 is 0 Å². The molecule has 0 amide bonds. The fourth-order valence-corrected chi connectivity index (χ4v) is 3.34. The van der Waals surface area contributed by atoms with Crippen LogP contribution in [0.25, 0.3) is 0 Å². The van der Waals surface area contributed by atoms with E-state index in [2.05, 4.69) is 0 Å². The molecule has 4 atom stereocenters. The van der Waals surface area contributed by atoms with Crippen LogP contribution in [-0.4, -0.2) is 51.2 Å². The molecule has 158 valence electrons. The van der Waals surface area contributed by atoms with Crippen LogP contribution in [0.1, 0.15) is 52.4 Å². The maximum atomic E-state index is 5.95.